The third kappa shape index (κ3) is 4.44. The molecule has 0 radical (unpaired) electrons. The predicted octanol–water partition coefficient (Wildman–Crippen LogP) is 1.71. The van der Waals surface area contributed by atoms with Crippen LogP contribution in [0.5, 0.6) is 5.75 Å². The van der Waals surface area contributed by atoms with E-state index in [0.29, 0.717) is 31.8 Å². The number of ether oxygens (including phenoxy) is 2. The number of fused-ring (bicyclic) bond motifs is 1. The van der Waals surface area contributed by atoms with Crippen LogP contribution in [0.15, 0.2) is 50.4 Å². The number of nitrogens with zero attached hydrogens (tertiary/aromatic N) is 1. The number of carbonyl (C=O) groups is 1. The fraction of sp³-hybridized carbons (Fsp3) is 0.348. The van der Waals surface area contributed by atoms with E-state index in [9.17, 15) is 19.5 Å². The van der Waals surface area contributed by atoms with Crippen molar-refractivity contribution in [1.82, 2.24) is 9.88 Å². The number of morpholine rings is 1. The molecule has 9 heteroatoms. The lowest BCUT2D eigenvalue weighted by Gasteiger charge is -2.28. The van der Waals surface area contributed by atoms with Crippen LogP contribution in [-0.4, -0.2) is 54.3 Å². The summed E-state index contributed by atoms with van der Waals surface area (Å²) in [5.74, 6) is -1.77. The van der Waals surface area contributed by atoms with Gasteiger partial charge in [0.25, 0.3) is 5.56 Å². The topological polar surface area (TPSA) is 122 Å². The van der Waals surface area contributed by atoms with Gasteiger partial charge in [-0.1, -0.05) is 18.2 Å². The Labute approximate surface area is 183 Å². The van der Waals surface area contributed by atoms with Crippen molar-refractivity contribution in [1.29, 1.82) is 0 Å². The second-order valence-corrected chi connectivity index (χ2v) is 7.61. The Kier molecular flexibility index (Phi) is 6.38. The van der Waals surface area contributed by atoms with Crippen molar-refractivity contribution >= 4 is 16.8 Å². The Morgan fingerprint density at radius 2 is 1.97 bits per heavy atom. The molecule has 1 unspecified atom stereocenters. The van der Waals surface area contributed by atoms with Gasteiger partial charge < -0.3 is 28.9 Å². The van der Waals surface area contributed by atoms with Crippen molar-refractivity contribution in [3.63, 3.8) is 0 Å². The Morgan fingerprint density at radius 1 is 1.22 bits per heavy atom. The van der Waals surface area contributed by atoms with Gasteiger partial charge in [0.05, 0.1) is 19.1 Å². The number of hydrogen-bond acceptors (Lipinski definition) is 7. The van der Waals surface area contributed by atoms with E-state index in [1.165, 1.54) is 7.11 Å². The molecule has 1 saturated heterocycles. The maximum absolute atomic E-state index is 13.1. The van der Waals surface area contributed by atoms with Gasteiger partial charge in [-0.15, -0.1) is 0 Å². The lowest BCUT2D eigenvalue weighted by atomic mass is 9.91. The number of amides is 1. The number of aromatic hydroxyl groups is 1. The highest BCUT2D eigenvalue weighted by atomic mass is 16.5. The van der Waals surface area contributed by atoms with Gasteiger partial charge in [0.2, 0.25) is 17.1 Å². The van der Waals surface area contributed by atoms with E-state index in [1.807, 2.05) is 12.1 Å². The third-order valence-corrected chi connectivity index (χ3v) is 5.50. The second kappa shape index (κ2) is 9.37. The van der Waals surface area contributed by atoms with Gasteiger partial charge in [-0.2, -0.15) is 0 Å². The van der Waals surface area contributed by atoms with E-state index >= 15 is 0 Å². The molecule has 1 amide bonds. The molecule has 0 spiro atoms. The van der Waals surface area contributed by atoms with Gasteiger partial charge in [-0.3, -0.25) is 14.4 Å². The van der Waals surface area contributed by atoms with Crippen molar-refractivity contribution in [2.75, 3.05) is 33.4 Å². The number of aromatic nitrogens is 1. The number of carbonyl (C=O) groups excluding carboxylic acids is 1. The monoisotopic (exact) mass is 440 g/mol. The van der Waals surface area contributed by atoms with Gasteiger partial charge in [0.1, 0.15) is 12.4 Å². The van der Waals surface area contributed by atoms with Gasteiger partial charge in [-0.25, -0.2) is 0 Å². The van der Waals surface area contributed by atoms with Crippen LogP contribution < -0.4 is 11.0 Å². The molecule has 1 fully saturated rings. The quantitative estimate of drug-likeness (QED) is 0.598. The fourth-order valence-electron chi connectivity index (χ4n) is 3.89. The number of nitrogens with one attached hydrogen (secondary N) is 1. The van der Waals surface area contributed by atoms with Crippen LogP contribution in [0.3, 0.4) is 0 Å². The summed E-state index contributed by atoms with van der Waals surface area (Å²) in [4.78, 5) is 42.9. The molecule has 2 N–H and O–H groups in total. The van der Waals surface area contributed by atoms with Crippen molar-refractivity contribution in [2.45, 2.75) is 18.9 Å². The molecular formula is C23H24N2O7. The molecule has 1 aliphatic heterocycles. The number of benzene rings is 1. The van der Waals surface area contributed by atoms with Crippen molar-refractivity contribution in [2.24, 2.45) is 0 Å². The molecule has 2 aromatic heterocycles. The number of pyridine rings is 1. The maximum Gasteiger partial charge on any atom is 0.252 e. The standard InChI is InChI=1S/C23H24N2O7/c1-30-13-15-11-19(26)21(28)22(32-15)16(12-20(27)25-6-8-31-9-7-25)17-10-14-4-2-3-5-18(14)24-23(17)29/h2-5,10-11,16,28H,6-9,12-13H2,1H3,(H,24,29). The van der Waals surface area contributed by atoms with Crippen LogP contribution in [0, 0.1) is 0 Å². The molecular weight excluding hydrogens is 416 g/mol. The van der Waals surface area contributed by atoms with E-state index in [1.54, 1.807) is 23.1 Å². The Hall–Kier alpha value is -3.43. The van der Waals surface area contributed by atoms with Crippen LogP contribution in [-0.2, 0) is 20.9 Å². The largest absolute Gasteiger partial charge is 0.502 e. The number of H-pyrrole nitrogens is 1. The van der Waals surface area contributed by atoms with Gasteiger partial charge >= 0.3 is 0 Å². The molecule has 168 valence electrons. The molecule has 0 aliphatic carbocycles. The first-order chi connectivity index (χ1) is 15.5. The van der Waals surface area contributed by atoms with E-state index in [4.69, 9.17) is 13.9 Å². The molecule has 0 bridgehead atoms. The normalized spacial score (nSPS) is 15.1. The van der Waals surface area contributed by atoms with E-state index in [0.717, 1.165) is 11.5 Å². The highest BCUT2D eigenvalue weighted by Crippen LogP contribution is 2.33. The lowest BCUT2D eigenvalue weighted by Crippen LogP contribution is -2.41. The van der Waals surface area contributed by atoms with Crippen LogP contribution in [0.1, 0.15) is 29.4 Å². The first kappa shape index (κ1) is 21.8. The number of para-hydroxylation sites is 1. The number of methoxy groups -OCH3 is 1. The van der Waals surface area contributed by atoms with E-state index < -0.39 is 22.7 Å². The van der Waals surface area contributed by atoms with Gasteiger partial charge in [0.15, 0.2) is 5.76 Å². The van der Waals surface area contributed by atoms with Crippen molar-refractivity contribution < 1.29 is 23.8 Å². The van der Waals surface area contributed by atoms with Crippen LogP contribution in [0.2, 0.25) is 0 Å². The van der Waals surface area contributed by atoms with Crippen molar-refractivity contribution in [3.8, 4) is 5.75 Å². The smallest absolute Gasteiger partial charge is 0.252 e. The number of rotatable bonds is 6. The number of hydrogen-bond donors (Lipinski definition) is 2. The molecule has 3 aromatic rings. The summed E-state index contributed by atoms with van der Waals surface area (Å²) in [6.07, 6.45) is -0.158. The Bertz CT molecular complexity index is 1240. The molecule has 32 heavy (non-hydrogen) atoms. The first-order valence-corrected chi connectivity index (χ1v) is 10.3. The average molecular weight is 440 g/mol. The lowest BCUT2D eigenvalue weighted by molar-refractivity contribution is -0.135. The zero-order chi connectivity index (χ0) is 22.7. The highest BCUT2D eigenvalue weighted by Gasteiger charge is 2.30. The molecule has 1 atom stereocenters. The summed E-state index contributed by atoms with van der Waals surface area (Å²) in [5.41, 5.74) is -0.237. The zero-order valence-corrected chi connectivity index (χ0v) is 17.6. The van der Waals surface area contributed by atoms with Gasteiger partial charge in [-0.05, 0) is 17.5 Å². The molecule has 1 aliphatic rings. The average Bonchev–Trinajstić information content (AvgIpc) is 2.80. The Balaban J connectivity index is 1.84. The Morgan fingerprint density at radius 3 is 2.72 bits per heavy atom. The fourth-order valence-corrected chi connectivity index (χ4v) is 3.89. The molecule has 9 nitrogen and oxygen atoms in total. The molecule has 1 aromatic carbocycles. The van der Waals surface area contributed by atoms with E-state index in [-0.39, 0.29) is 36.0 Å². The summed E-state index contributed by atoms with van der Waals surface area (Å²) in [7, 11) is 1.44. The predicted molar refractivity (Wildman–Crippen MR) is 116 cm³/mol. The van der Waals surface area contributed by atoms with Crippen molar-refractivity contribution in [3.05, 3.63) is 74.1 Å². The minimum atomic E-state index is -0.969. The van der Waals surface area contributed by atoms with Crippen LogP contribution in [0.4, 0.5) is 0 Å². The summed E-state index contributed by atoms with van der Waals surface area (Å²) >= 11 is 0. The minimum absolute atomic E-state index is 0.000722. The van der Waals surface area contributed by atoms with Crippen LogP contribution in [0.25, 0.3) is 10.9 Å². The van der Waals surface area contributed by atoms with Gasteiger partial charge in [0, 0.05) is 43.8 Å². The minimum Gasteiger partial charge on any atom is -0.502 e. The van der Waals surface area contributed by atoms with Crippen LogP contribution >= 0.6 is 0 Å². The second-order valence-electron chi connectivity index (χ2n) is 7.61. The SMILES string of the molecule is COCc1cc(=O)c(O)c(C(CC(=O)N2CCOCC2)c2cc3ccccc3[nH]c2=O)o1. The molecule has 0 saturated carbocycles. The zero-order valence-electron chi connectivity index (χ0n) is 17.6. The maximum atomic E-state index is 13.1. The number of aromatic amines is 1. The summed E-state index contributed by atoms with van der Waals surface area (Å²) in [5, 5.41) is 11.3. The summed E-state index contributed by atoms with van der Waals surface area (Å²) < 4.78 is 16.1. The summed E-state index contributed by atoms with van der Waals surface area (Å²) in [6.45, 7) is 1.71. The molecule has 3 heterocycles. The third-order valence-electron chi connectivity index (χ3n) is 5.50. The van der Waals surface area contributed by atoms with E-state index in [2.05, 4.69) is 4.98 Å². The highest BCUT2D eigenvalue weighted by molar-refractivity contribution is 5.80. The molecule has 4 rings (SSSR count). The summed E-state index contributed by atoms with van der Waals surface area (Å²) in [6, 6.07) is 10.0. The first-order valence-electron chi connectivity index (χ1n) is 10.3.